The Bertz CT molecular complexity index is 945. The van der Waals surface area contributed by atoms with Gasteiger partial charge < -0.3 is 13.8 Å². The molecule has 1 aromatic rings. The van der Waals surface area contributed by atoms with Gasteiger partial charge in [0.1, 0.15) is 7.11 Å². The van der Waals surface area contributed by atoms with Gasteiger partial charge in [-0.1, -0.05) is 31.3 Å². The van der Waals surface area contributed by atoms with Crippen molar-refractivity contribution in [3.63, 3.8) is 0 Å². The molecule has 3 aliphatic carbocycles. The van der Waals surface area contributed by atoms with Crippen molar-refractivity contribution < 1.29 is 22.2 Å². The van der Waals surface area contributed by atoms with Crippen molar-refractivity contribution in [3.8, 4) is 11.5 Å². The molecule has 30 heavy (non-hydrogen) atoms. The molecule has 4 atom stereocenters. The van der Waals surface area contributed by atoms with Crippen LogP contribution in [-0.4, -0.2) is 28.3 Å². The van der Waals surface area contributed by atoms with Gasteiger partial charge in [0.2, 0.25) is 0 Å². The van der Waals surface area contributed by atoms with Gasteiger partial charge >= 0.3 is 10.3 Å². The molecule has 0 spiro atoms. The lowest BCUT2D eigenvalue weighted by molar-refractivity contribution is -0.0143. The number of ether oxygens (including phenoxy) is 1. The Labute approximate surface area is 179 Å². The van der Waals surface area contributed by atoms with Gasteiger partial charge in [0, 0.05) is 5.56 Å². The lowest BCUT2D eigenvalue weighted by atomic mass is 9.49. The summed E-state index contributed by atoms with van der Waals surface area (Å²) in [5.41, 5.74) is 3.30. The van der Waals surface area contributed by atoms with Gasteiger partial charge in [0.15, 0.2) is 11.5 Å². The number of oxime groups is 1. The highest BCUT2D eigenvalue weighted by Crippen LogP contribution is 2.61. The van der Waals surface area contributed by atoms with Crippen LogP contribution in [-0.2, 0) is 15.1 Å². The Morgan fingerprint density at radius 2 is 1.97 bits per heavy atom. The summed E-state index contributed by atoms with van der Waals surface area (Å²) >= 11 is 0. The first-order chi connectivity index (χ1) is 14.3. The summed E-state index contributed by atoms with van der Waals surface area (Å²) in [6, 6.07) is 3.61. The van der Waals surface area contributed by atoms with Crippen LogP contribution in [0.5, 0.6) is 11.5 Å². The zero-order valence-electron chi connectivity index (χ0n) is 18.0. The minimum Gasteiger partial charge on any atom is -0.493 e. The van der Waals surface area contributed by atoms with Crippen LogP contribution in [0.1, 0.15) is 75.3 Å². The number of nitrogens with two attached hydrogens (primary N) is 1. The van der Waals surface area contributed by atoms with E-state index in [9.17, 15) is 8.42 Å². The number of rotatable bonds is 5. The molecular weight excluding hydrogens is 404 g/mol. The van der Waals surface area contributed by atoms with E-state index in [4.69, 9.17) is 18.9 Å². The van der Waals surface area contributed by atoms with Crippen LogP contribution in [0.3, 0.4) is 0 Å². The molecule has 0 aromatic heterocycles. The smallest absolute Gasteiger partial charge is 0.380 e. The average molecular weight is 437 g/mol. The van der Waals surface area contributed by atoms with Gasteiger partial charge in [0.05, 0.1) is 12.8 Å². The van der Waals surface area contributed by atoms with E-state index in [0.29, 0.717) is 28.9 Å². The summed E-state index contributed by atoms with van der Waals surface area (Å²) in [5, 5.41) is 9.44. The number of fused-ring (bicyclic) bond motifs is 5. The Hall–Kier alpha value is -1.80. The Kier molecular flexibility index (Phi) is 5.74. The van der Waals surface area contributed by atoms with E-state index < -0.39 is 10.3 Å². The van der Waals surface area contributed by atoms with E-state index in [1.807, 2.05) is 6.07 Å². The molecule has 166 valence electrons. The molecule has 8 heteroatoms. The maximum atomic E-state index is 11.5. The summed E-state index contributed by atoms with van der Waals surface area (Å²) in [6.07, 6.45) is 9.65. The van der Waals surface area contributed by atoms with Crippen molar-refractivity contribution >= 4 is 16.0 Å². The van der Waals surface area contributed by atoms with Crippen molar-refractivity contribution in [2.24, 2.45) is 27.5 Å². The van der Waals surface area contributed by atoms with Gasteiger partial charge in [0.25, 0.3) is 0 Å². The first kappa shape index (κ1) is 21.4. The second kappa shape index (κ2) is 8.04. The van der Waals surface area contributed by atoms with E-state index in [1.54, 1.807) is 13.2 Å². The largest absolute Gasteiger partial charge is 0.493 e. The average Bonchev–Trinajstić information content (AvgIpc) is 2.72. The van der Waals surface area contributed by atoms with Gasteiger partial charge in [-0.3, -0.25) is 0 Å². The number of hydrogen-bond acceptors (Lipinski definition) is 6. The Balaban J connectivity index is 1.82. The number of benzene rings is 1. The van der Waals surface area contributed by atoms with Crippen LogP contribution in [0.2, 0.25) is 0 Å². The third kappa shape index (κ3) is 3.68. The highest BCUT2D eigenvalue weighted by atomic mass is 32.2. The van der Waals surface area contributed by atoms with E-state index in [1.165, 1.54) is 45.6 Å². The molecule has 0 radical (unpaired) electrons. The maximum Gasteiger partial charge on any atom is 0.380 e. The molecule has 2 saturated carbocycles. The molecular formula is C22H32N2O5S. The maximum absolute atomic E-state index is 11.5. The van der Waals surface area contributed by atoms with E-state index >= 15 is 0 Å². The fourth-order valence-electron chi connectivity index (χ4n) is 6.55. The second-order valence-corrected chi connectivity index (χ2v) is 10.1. The molecule has 0 aliphatic heterocycles. The number of methoxy groups -OCH3 is 1. The van der Waals surface area contributed by atoms with Gasteiger partial charge in [-0.2, -0.15) is 13.6 Å². The zero-order chi connectivity index (χ0) is 21.5. The Morgan fingerprint density at radius 3 is 2.63 bits per heavy atom. The van der Waals surface area contributed by atoms with E-state index in [-0.39, 0.29) is 5.75 Å². The summed E-state index contributed by atoms with van der Waals surface area (Å²) in [7, 11) is -1.12. The predicted molar refractivity (Wildman–Crippen MR) is 115 cm³/mol. The molecule has 0 saturated heterocycles. The van der Waals surface area contributed by atoms with Crippen LogP contribution in [0.15, 0.2) is 17.3 Å². The van der Waals surface area contributed by atoms with Gasteiger partial charge in [-0.15, -0.1) is 0 Å². The van der Waals surface area contributed by atoms with Crippen molar-refractivity contribution in [3.05, 3.63) is 23.3 Å². The highest BCUT2D eigenvalue weighted by molar-refractivity contribution is 7.84. The number of hydrogen-bond donors (Lipinski definition) is 1. The van der Waals surface area contributed by atoms with Crippen LogP contribution >= 0.6 is 0 Å². The number of nitrogens with zero attached hydrogens (tertiary/aromatic N) is 1. The Morgan fingerprint density at radius 1 is 1.17 bits per heavy atom. The van der Waals surface area contributed by atoms with Crippen molar-refractivity contribution in [1.82, 2.24) is 0 Å². The molecule has 2 N–H and O–H groups in total. The molecule has 4 rings (SSSR count). The zero-order valence-corrected chi connectivity index (χ0v) is 18.8. The monoisotopic (exact) mass is 436 g/mol. The lowest BCUT2D eigenvalue weighted by Crippen LogP contribution is -2.46. The molecule has 3 aliphatic rings. The fourth-order valence-corrected chi connectivity index (χ4v) is 6.93. The highest BCUT2D eigenvalue weighted by Gasteiger charge is 2.51. The quantitative estimate of drug-likeness (QED) is 0.700. The third-order valence-corrected chi connectivity index (χ3v) is 8.21. The minimum absolute atomic E-state index is 0.0809. The van der Waals surface area contributed by atoms with E-state index in [2.05, 4.69) is 12.1 Å². The molecule has 2 fully saturated rings. The van der Waals surface area contributed by atoms with Crippen molar-refractivity contribution in [2.75, 3.05) is 14.2 Å². The first-order valence-electron chi connectivity index (χ1n) is 10.9. The van der Waals surface area contributed by atoms with Crippen molar-refractivity contribution in [1.29, 1.82) is 0 Å². The summed E-state index contributed by atoms with van der Waals surface area (Å²) in [5.74, 6) is 2.04. The lowest BCUT2D eigenvalue weighted by Gasteiger charge is -2.55. The van der Waals surface area contributed by atoms with Gasteiger partial charge in [-0.05, 0) is 73.0 Å². The molecule has 0 amide bonds. The third-order valence-electron chi connectivity index (χ3n) is 7.80. The molecule has 0 heterocycles. The van der Waals surface area contributed by atoms with Crippen LogP contribution in [0.25, 0.3) is 0 Å². The first-order valence-corrected chi connectivity index (χ1v) is 12.3. The van der Waals surface area contributed by atoms with Crippen LogP contribution in [0.4, 0.5) is 0 Å². The summed E-state index contributed by atoms with van der Waals surface area (Å²) in [4.78, 5) is 5.18. The van der Waals surface area contributed by atoms with Crippen molar-refractivity contribution in [2.45, 2.75) is 64.2 Å². The molecule has 1 aromatic carbocycles. The normalized spacial score (nSPS) is 32.0. The standard InChI is InChI=1S/C22H32N2O5S/c1-4-22-9-6-5-7-18(22)16-11-19(24-28-3)17-13-21(29-30(23,25)26)20(27-2)12-15(17)14(16)8-10-22/h12-14,16,18H,4-11H2,1-3H3,(H2,23,25,26)/b24-19-/t14?,16?,18?,22-/m0/s1. The topological polar surface area (TPSA) is 100 Å². The molecule has 3 unspecified atom stereocenters. The van der Waals surface area contributed by atoms with Crippen LogP contribution in [0, 0.1) is 17.3 Å². The minimum atomic E-state index is -4.17. The SMILES string of the molecule is CC[C@@]12CCCCC1C1C/C(=N/OC)c3cc(OS(N)(=O)=O)c(OC)cc3C1CC2. The van der Waals surface area contributed by atoms with Gasteiger partial charge in [-0.25, -0.2) is 0 Å². The molecule has 0 bridgehead atoms. The van der Waals surface area contributed by atoms with Crippen LogP contribution < -0.4 is 14.1 Å². The second-order valence-electron chi connectivity index (χ2n) is 8.97. The molecule has 7 nitrogen and oxygen atoms in total. The van der Waals surface area contributed by atoms with E-state index in [0.717, 1.165) is 29.7 Å². The predicted octanol–water partition coefficient (Wildman–Crippen LogP) is 4.11. The summed E-state index contributed by atoms with van der Waals surface area (Å²) < 4.78 is 33.6. The summed E-state index contributed by atoms with van der Waals surface area (Å²) in [6.45, 7) is 2.35. The fraction of sp³-hybridized carbons (Fsp3) is 0.682.